The Morgan fingerprint density at radius 1 is 1.26 bits per heavy atom. The average Bonchev–Trinajstić information content (AvgIpc) is 2.59. The Hall–Kier alpha value is -2.16. The molecule has 0 aliphatic heterocycles. The monoisotopic (exact) mass is 393 g/mol. The van der Waals surface area contributed by atoms with Crippen LogP contribution in [0.15, 0.2) is 29.8 Å². The van der Waals surface area contributed by atoms with Gasteiger partial charge in [-0.05, 0) is 18.4 Å². The molecule has 0 aromatic heterocycles. The molecular weight excluding hydrogens is 370 g/mol. The van der Waals surface area contributed by atoms with Gasteiger partial charge in [0.05, 0.1) is 17.9 Å². The molecule has 7 nitrogen and oxygen atoms in total. The van der Waals surface area contributed by atoms with Crippen LogP contribution in [0.5, 0.6) is 5.75 Å². The molecule has 2 N–H and O–H groups in total. The lowest BCUT2D eigenvalue weighted by Gasteiger charge is -2.28. The molecule has 0 spiro atoms. The third-order valence-electron chi connectivity index (χ3n) is 4.11. The third kappa shape index (κ3) is 5.18. The quantitative estimate of drug-likeness (QED) is 0.355. The lowest BCUT2D eigenvalue weighted by atomic mass is 9.73. The van der Waals surface area contributed by atoms with Gasteiger partial charge in [-0.25, -0.2) is 0 Å². The molecule has 1 aliphatic carbocycles. The van der Waals surface area contributed by atoms with E-state index in [0.717, 1.165) is 0 Å². The number of ketones is 2. The number of carboxylic acids is 1. The number of ether oxygens (including phenoxy) is 1. The standard InChI is InChI=1S/C19H23NO6S/c1-19(2,10-16(22)23)13-9-14(21)17-12(18(13)24)5-4-6-15(17)25-7-8-26-20-11-27-3/h4-6,9,20H,7-8,10-11H2,1-3H3,(H,22,23). The van der Waals surface area contributed by atoms with Gasteiger partial charge in [0.25, 0.3) is 0 Å². The number of hydrogen-bond donors (Lipinski definition) is 2. The van der Waals surface area contributed by atoms with Crippen molar-refractivity contribution < 1.29 is 29.1 Å². The maximum atomic E-state index is 12.9. The number of rotatable bonds is 10. The molecule has 0 radical (unpaired) electrons. The van der Waals surface area contributed by atoms with Gasteiger partial charge in [0.1, 0.15) is 19.0 Å². The Kier molecular flexibility index (Phi) is 7.18. The van der Waals surface area contributed by atoms with Crippen LogP contribution in [0.25, 0.3) is 0 Å². The molecule has 1 aliphatic rings. The van der Waals surface area contributed by atoms with Gasteiger partial charge in [0.2, 0.25) is 0 Å². The number of aliphatic carboxylic acids is 1. The lowest BCUT2D eigenvalue weighted by Crippen LogP contribution is -2.29. The van der Waals surface area contributed by atoms with E-state index in [1.54, 1.807) is 43.8 Å². The van der Waals surface area contributed by atoms with Crippen LogP contribution in [0.2, 0.25) is 0 Å². The van der Waals surface area contributed by atoms with Crippen LogP contribution >= 0.6 is 11.8 Å². The van der Waals surface area contributed by atoms with Crippen LogP contribution in [-0.4, -0.2) is 48.0 Å². The van der Waals surface area contributed by atoms with Crippen LogP contribution in [0.1, 0.15) is 41.0 Å². The minimum Gasteiger partial charge on any atom is -0.490 e. The van der Waals surface area contributed by atoms with Crippen molar-refractivity contribution in [3.63, 3.8) is 0 Å². The summed E-state index contributed by atoms with van der Waals surface area (Å²) in [6, 6.07) is 4.82. The molecule has 27 heavy (non-hydrogen) atoms. The van der Waals surface area contributed by atoms with Crippen molar-refractivity contribution in [1.82, 2.24) is 5.48 Å². The zero-order chi connectivity index (χ0) is 20.0. The first-order valence-corrected chi connectivity index (χ1v) is 9.79. The van der Waals surface area contributed by atoms with Crippen molar-refractivity contribution in [2.45, 2.75) is 20.3 Å². The lowest BCUT2D eigenvalue weighted by molar-refractivity contribution is -0.138. The van der Waals surface area contributed by atoms with Crippen molar-refractivity contribution >= 4 is 29.3 Å². The number of fused-ring (bicyclic) bond motifs is 1. The van der Waals surface area contributed by atoms with E-state index >= 15 is 0 Å². The fourth-order valence-electron chi connectivity index (χ4n) is 2.85. The minimum atomic E-state index is -1.03. The van der Waals surface area contributed by atoms with Crippen molar-refractivity contribution in [3.05, 3.63) is 41.0 Å². The van der Waals surface area contributed by atoms with E-state index in [4.69, 9.17) is 14.7 Å². The molecule has 0 unspecified atom stereocenters. The highest BCUT2D eigenvalue weighted by Gasteiger charge is 2.37. The molecule has 1 aromatic rings. The second kappa shape index (κ2) is 9.16. The summed E-state index contributed by atoms with van der Waals surface area (Å²) in [5, 5.41) is 9.08. The molecule has 0 saturated heterocycles. The fourth-order valence-corrected chi connectivity index (χ4v) is 3.05. The van der Waals surface area contributed by atoms with Gasteiger partial charge < -0.3 is 9.84 Å². The number of hydrogen-bond acceptors (Lipinski definition) is 7. The van der Waals surface area contributed by atoms with Crippen LogP contribution in [-0.2, 0) is 9.63 Å². The van der Waals surface area contributed by atoms with E-state index in [-0.39, 0.29) is 47.9 Å². The third-order valence-corrected chi connectivity index (χ3v) is 4.51. The van der Waals surface area contributed by atoms with E-state index in [1.165, 1.54) is 6.08 Å². The van der Waals surface area contributed by atoms with Crippen molar-refractivity contribution in [2.24, 2.45) is 5.41 Å². The Morgan fingerprint density at radius 3 is 2.67 bits per heavy atom. The number of hydroxylamine groups is 1. The summed E-state index contributed by atoms with van der Waals surface area (Å²) < 4.78 is 5.62. The predicted molar refractivity (Wildman–Crippen MR) is 102 cm³/mol. The number of Topliss-reactive ketones (excluding diaryl/α,β-unsaturated/α-hetero) is 1. The first-order valence-electron chi connectivity index (χ1n) is 8.40. The number of nitrogens with one attached hydrogen (secondary N) is 1. The second-order valence-electron chi connectivity index (χ2n) is 6.66. The molecule has 1 aromatic carbocycles. The summed E-state index contributed by atoms with van der Waals surface area (Å²) in [5.74, 6) is -0.785. The first kappa shape index (κ1) is 21.1. The van der Waals surface area contributed by atoms with E-state index < -0.39 is 11.4 Å². The number of carboxylic acid groups (broad SMARTS) is 1. The molecule has 146 valence electrons. The molecular formula is C19H23NO6S. The molecule has 0 saturated carbocycles. The Bertz CT molecular complexity index is 771. The number of carbonyl (C=O) groups is 3. The maximum absolute atomic E-state index is 12.9. The van der Waals surface area contributed by atoms with Crippen molar-refractivity contribution in [1.29, 1.82) is 0 Å². The van der Waals surface area contributed by atoms with Gasteiger partial charge in [0, 0.05) is 16.6 Å². The van der Waals surface area contributed by atoms with Crippen molar-refractivity contribution in [2.75, 3.05) is 25.3 Å². The minimum absolute atomic E-state index is 0.198. The van der Waals surface area contributed by atoms with Crippen LogP contribution in [0.3, 0.4) is 0 Å². The summed E-state index contributed by atoms with van der Waals surface area (Å²) in [7, 11) is 0. The maximum Gasteiger partial charge on any atom is 0.304 e. The molecule has 0 amide bonds. The van der Waals surface area contributed by atoms with Gasteiger partial charge in [-0.3, -0.25) is 19.2 Å². The summed E-state index contributed by atoms with van der Waals surface area (Å²) in [6.45, 7) is 3.77. The van der Waals surface area contributed by atoms with Crippen LogP contribution < -0.4 is 10.2 Å². The highest BCUT2D eigenvalue weighted by atomic mass is 32.2. The highest BCUT2D eigenvalue weighted by Crippen LogP contribution is 2.38. The Balaban J connectivity index is 2.19. The van der Waals surface area contributed by atoms with E-state index in [2.05, 4.69) is 5.48 Å². The number of carbonyl (C=O) groups excluding carboxylic acids is 2. The van der Waals surface area contributed by atoms with Gasteiger partial charge in [-0.15, -0.1) is 11.8 Å². The molecule has 0 bridgehead atoms. The number of benzene rings is 1. The first-order chi connectivity index (χ1) is 12.8. The van der Waals surface area contributed by atoms with Crippen LogP contribution in [0, 0.1) is 5.41 Å². The smallest absolute Gasteiger partial charge is 0.304 e. The molecule has 0 atom stereocenters. The van der Waals surface area contributed by atoms with E-state index in [1.807, 2.05) is 6.26 Å². The average molecular weight is 393 g/mol. The van der Waals surface area contributed by atoms with Gasteiger partial charge in [-0.2, -0.15) is 5.48 Å². The van der Waals surface area contributed by atoms with E-state index in [9.17, 15) is 14.4 Å². The second-order valence-corrected chi connectivity index (χ2v) is 7.52. The summed E-state index contributed by atoms with van der Waals surface area (Å²) in [5.41, 5.74) is 2.42. The Morgan fingerprint density at radius 2 is 2.00 bits per heavy atom. The normalized spacial score (nSPS) is 14.0. The summed E-state index contributed by atoms with van der Waals surface area (Å²) in [6.07, 6.45) is 2.92. The van der Waals surface area contributed by atoms with E-state index in [0.29, 0.717) is 11.6 Å². The van der Waals surface area contributed by atoms with Gasteiger partial charge >= 0.3 is 5.97 Å². The SMILES string of the molecule is CSCNOCCOc1cccc2c1C(=O)C=C(C(C)(C)CC(=O)O)C2=O. The molecule has 0 fully saturated rings. The fraction of sp³-hybridized carbons (Fsp3) is 0.421. The molecule has 2 rings (SSSR count). The topological polar surface area (TPSA) is 102 Å². The van der Waals surface area contributed by atoms with Gasteiger partial charge in [0.15, 0.2) is 11.6 Å². The zero-order valence-corrected chi connectivity index (χ0v) is 16.4. The number of allylic oxidation sites excluding steroid dienone is 2. The zero-order valence-electron chi connectivity index (χ0n) is 15.5. The Labute approximate surface area is 162 Å². The number of thioether (sulfide) groups is 1. The largest absolute Gasteiger partial charge is 0.490 e. The molecule has 0 heterocycles. The summed E-state index contributed by atoms with van der Waals surface area (Å²) in [4.78, 5) is 41.8. The predicted octanol–water partition coefficient (Wildman–Crippen LogP) is 2.71. The van der Waals surface area contributed by atoms with Gasteiger partial charge in [-0.1, -0.05) is 26.0 Å². The molecule has 8 heteroatoms. The summed E-state index contributed by atoms with van der Waals surface area (Å²) >= 11 is 1.58. The highest BCUT2D eigenvalue weighted by molar-refractivity contribution is 7.98. The van der Waals surface area contributed by atoms with Crippen LogP contribution in [0.4, 0.5) is 0 Å². The van der Waals surface area contributed by atoms with Crippen molar-refractivity contribution in [3.8, 4) is 5.75 Å².